The Balaban J connectivity index is 2.35. The van der Waals surface area contributed by atoms with Crippen LogP contribution in [0.2, 0.25) is 0 Å². The Morgan fingerprint density at radius 3 is 2.80 bits per heavy atom. The summed E-state index contributed by atoms with van der Waals surface area (Å²) < 4.78 is 46.6. The van der Waals surface area contributed by atoms with E-state index in [-0.39, 0.29) is 12.6 Å². The van der Waals surface area contributed by atoms with E-state index in [4.69, 9.17) is 9.29 Å². The van der Waals surface area contributed by atoms with Gasteiger partial charge in [-0.15, -0.1) is 0 Å². The van der Waals surface area contributed by atoms with E-state index in [1.165, 1.54) is 0 Å². The van der Waals surface area contributed by atoms with E-state index >= 15 is 0 Å². The van der Waals surface area contributed by atoms with Crippen molar-refractivity contribution in [2.45, 2.75) is 24.4 Å². The number of carbonyl (C=O) groups is 1. The van der Waals surface area contributed by atoms with E-state index in [0.29, 0.717) is 6.61 Å². The summed E-state index contributed by atoms with van der Waals surface area (Å²) in [5, 5.41) is 2.05. The Bertz CT molecular complexity index is 324. The summed E-state index contributed by atoms with van der Waals surface area (Å²) in [6.45, 7) is 0.632. The first-order valence-corrected chi connectivity index (χ1v) is 5.91. The Kier molecular flexibility index (Phi) is 4.00. The van der Waals surface area contributed by atoms with Gasteiger partial charge in [-0.05, 0) is 12.8 Å². The van der Waals surface area contributed by atoms with Gasteiger partial charge >= 0.3 is 15.6 Å². The third-order valence-electron chi connectivity index (χ3n) is 2.00. The highest BCUT2D eigenvalue weighted by Crippen LogP contribution is 2.10. The van der Waals surface area contributed by atoms with Crippen molar-refractivity contribution in [1.82, 2.24) is 5.32 Å². The number of hydrogen-bond acceptors (Lipinski definition) is 4. The maximum Gasteiger partial charge on any atom is 0.307 e. The lowest BCUT2D eigenvalue weighted by atomic mass is 10.2. The maximum absolute atomic E-state index is 12.7. The molecule has 1 fully saturated rings. The summed E-state index contributed by atoms with van der Waals surface area (Å²) in [5.41, 5.74) is -2.93. The largest absolute Gasteiger partial charge is 0.376 e. The number of amides is 1. The number of nitrogens with one attached hydrogen (secondary N) is 1. The quantitative estimate of drug-likeness (QED) is 0.645. The molecule has 0 bridgehead atoms. The summed E-state index contributed by atoms with van der Waals surface area (Å²) in [4.78, 5) is 10.9. The molecule has 0 saturated carbocycles. The minimum Gasteiger partial charge on any atom is -0.376 e. The zero-order valence-corrected chi connectivity index (χ0v) is 8.67. The molecule has 0 aromatic rings. The summed E-state index contributed by atoms with van der Waals surface area (Å²) in [6, 6.07) is 0. The van der Waals surface area contributed by atoms with Crippen molar-refractivity contribution in [2.75, 3.05) is 13.2 Å². The molecule has 1 aliphatic heterocycles. The molecule has 0 aromatic heterocycles. The van der Waals surface area contributed by atoms with Crippen LogP contribution in [0.15, 0.2) is 0 Å². The van der Waals surface area contributed by atoms with Gasteiger partial charge in [0.2, 0.25) is 0 Å². The fraction of sp³-hybridized carbons (Fsp3) is 0.857. The molecule has 8 heteroatoms. The molecule has 15 heavy (non-hydrogen) atoms. The van der Waals surface area contributed by atoms with Gasteiger partial charge in [-0.3, -0.25) is 9.35 Å². The molecule has 2 N–H and O–H groups in total. The smallest absolute Gasteiger partial charge is 0.307 e. The first kappa shape index (κ1) is 12.3. The van der Waals surface area contributed by atoms with E-state index in [2.05, 4.69) is 5.32 Å². The van der Waals surface area contributed by atoms with Crippen LogP contribution in [0.3, 0.4) is 0 Å². The Morgan fingerprint density at radius 1 is 1.67 bits per heavy atom. The van der Waals surface area contributed by atoms with Crippen molar-refractivity contribution in [3.05, 3.63) is 0 Å². The monoisotopic (exact) mass is 241 g/mol. The van der Waals surface area contributed by atoms with E-state index in [1.807, 2.05) is 0 Å². The van der Waals surface area contributed by atoms with Crippen LogP contribution in [0.25, 0.3) is 0 Å². The van der Waals surface area contributed by atoms with Crippen LogP contribution < -0.4 is 5.32 Å². The second-order valence-electron chi connectivity index (χ2n) is 3.21. The molecular formula is C7H12FNO5S. The van der Waals surface area contributed by atoms with Crippen LogP contribution in [-0.4, -0.2) is 43.6 Å². The van der Waals surface area contributed by atoms with Gasteiger partial charge in [-0.25, -0.2) is 4.39 Å². The fourth-order valence-electron chi connectivity index (χ4n) is 1.24. The van der Waals surface area contributed by atoms with Crippen molar-refractivity contribution >= 4 is 16.0 Å². The predicted octanol–water partition coefficient (Wildman–Crippen LogP) is -0.535. The van der Waals surface area contributed by atoms with Crippen molar-refractivity contribution < 1.29 is 26.9 Å². The van der Waals surface area contributed by atoms with Gasteiger partial charge in [0.15, 0.2) is 0 Å². The lowest BCUT2D eigenvalue weighted by Crippen LogP contribution is -2.40. The average Bonchev–Trinajstić information content (AvgIpc) is 2.63. The molecule has 1 rings (SSSR count). The molecule has 0 radical (unpaired) electrons. The van der Waals surface area contributed by atoms with Crippen molar-refractivity contribution in [1.29, 1.82) is 0 Å². The minimum atomic E-state index is -4.97. The average molecular weight is 241 g/mol. The second kappa shape index (κ2) is 4.86. The minimum absolute atomic E-state index is 0.0504. The molecule has 0 aromatic carbocycles. The van der Waals surface area contributed by atoms with Gasteiger partial charge < -0.3 is 10.1 Å². The van der Waals surface area contributed by atoms with Gasteiger partial charge in [0.05, 0.1) is 6.10 Å². The van der Waals surface area contributed by atoms with Crippen LogP contribution in [-0.2, 0) is 19.6 Å². The number of rotatable bonds is 4. The fourth-order valence-corrected chi connectivity index (χ4v) is 1.59. The van der Waals surface area contributed by atoms with E-state index in [0.717, 1.165) is 12.8 Å². The van der Waals surface area contributed by atoms with Gasteiger partial charge in [-0.1, -0.05) is 0 Å². The summed E-state index contributed by atoms with van der Waals surface area (Å²) in [7, 11) is -4.97. The lowest BCUT2D eigenvalue weighted by Gasteiger charge is -2.11. The molecule has 88 valence electrons. The molecule has 1 heterocycles. The molecule has 0 aliphatic carbocycles. The van der Waals surface area contributed by atoms with Crippen LogP contribution in [0, 0.1) is 0 Å². The molecule has 6 nitrogen and oxygen atoms in total. The number of ether oxygens (including phenoxy) is 1. The Labute approximate surface area is 86.5 Å². The first-order valence-electron chi connectivity index (χ1n) is 4.41. The van der Waals surface area contributed by atoms with Crippen molar-refractivity contribution in [2.24, 2.45) is 0 Å². The SMILES string of the molecule is O=C(NCC1CCCO1)C(F)S(=O)(=O)O. The standard InChI is InChI=1S/C7H12FNO5S/c8-6(15(11,12)13)7(10)9-4-5-2-1-3-14-5/h5-6H,1-4H2,(H,9,10)(H,11,12,13). The number of halogens is 1. The van der Waals surface area contributed by atoms with Crippen molar-refractivity contribution in [3.8, 4) is 0 Å². The van der Waals surface area contributed by atoms with E-state index in [1.54, 1.807) is 0 Å². The Morgan fingerprint density at radius 2 is 2.33 bits per heavy atom. The first-order chi connectivity index (χ1) is 6.91. The third kappa shape index (κ3) is 3.73. The number of carbonyl (C=O) groups excluding carboxylic acids is 1. The summed E-state index contributed by atoms with van der Waals surface area (Å²) in [6.07, 6.45) is 1.39. The highest BCUT2D eigenvalue weighted by atomic mass is 32.2. The number of hydrogen-bond donors (Lipinski definition) is 2. The molecule has 1 saturated heterocycles. The van der Waals surface area contributed by atoms with Gasteiger partial charge in [0.1, 0.15) is 0 Å². The lowest BCUT2D eigenvalue weighted by molar-refractivity contribution is -0.123. The molecule has 1 amide bonds. The van der Waals surface area contributed by atoms with Crippen LogP contribution in [0.1, 0.15) is 12.8 Å². The molecule has 1 aliphatic rings. The maximum atomic E-state index is 12.7. The highest BCUT2D eigenvalue weighted by molar-refractivity contribution is 7.87. The van der Waals surface area contributed by atoms with Crippen LogP contribution >= 0.6 is 0 Å². The molecule has 0 spiro atoms. The second-order valence-corrected chi connectivity index (χ2v) is 4.66. The highest BCUT2D eigenvalue weighted by Gasteiger charge is 2.31. The zero-order valence-electron chi connectivity index (χ0n) is 7.85. The van der Waals surface area contributed by atoms with Gasteiger partial charge in [-0.2, -0.15) is 8.42 Å². The topological polar surface area (TPSA) is 92.7 Å². The van der Waals surface area contributed by atoms with E-state index < -0.39 is 21.5 Å². The molecular weight excluding hydrogens is 229 g/mol. The van der Waals surface area contributed by atoms with Crippen LogP contribution in [0.4, 0.5) is 4.39 Å². The Hall–Kier alpha value is -0.730. The zero-order chi connectivity index (χ0) is 11.5. The third-order valence-corrected chi connectivity index (χ3v) is 2.73. The molecule has 2 unspecified atom stereocenters. The summed E-state index contributed by atoms with van der Waals surface area (Å²) >= 11 is 0. The van der Waals surface area contributed by atoms with Crippen molar-refractivity contribution in [3.63, 3.8) is 0 Å². The summed E-state index contributed by atoms with van der Waals surface area (Å²) in [5.74, 6) is -1.37. The molecule has 2 atom stereocenters. The number of alkyl halides is 1. The van der Waals surface area contributed by atoms with E-state index in [9.17, 15) is 17.6 Å². The normalized spacial score (nSPS) is 23.7. The van der Waals surface area contributed by atoms with Gasteiger partial charge in [0, 0.05) is 13.2 Å². The predicted molar refractivity (Wildman–Crippen MR) is 48.4 cm³/mol. The van der Waals surface area contributed by atoms with Gasteiger partial charge in [0.25, 0.3) is 5.91 Å². The van der Waals surface area contributed by atoms with Crippen LogP contribution in [0.5, 0.6) is 0 Å².